The molecule has 0 unspecified atom stereocenters. The summed E-state index contributed by atoms with van der Waals surface area (Å²) < 4.78 is 6.93. The van der Waals surface area contributed by atoms with Crippen LogP contribution in [0.2, 0.25) is 0 Å². The third-order valence-corrected chi connectivity index (χ3v) is 5.19. The lowest BCUT2D eigenvalue weighted by Gasteiger charge is -2.16. The van der Waals surface area contributed by atoms with Gasteiger partial charge in [0.05, 0.1) is 12.7 Å². The minimum absolute atomic E-state index is 0.250. The van der Waals surface area contributed by atoms with Gasteiger partial charge in [0.25, 0.3) is 0 Å². The molecule has 4 rings (SSSR count). The highest BCUT2D eigenvalue weighted by molar-refractivity contribution is 5.83. The summed E-state index contributed by atoms with van der Waals surface area (Å²) in [6.07, 6.45) is 2.64. The minimum Gasteiger partial charge on any atom is -0.394 e. The second kappa shape index (κ2) is 7.75. The lowest BCUT2D eigenvalue weighted by atomic mass is 10.1. The van der Waals surface area contributed by atoms with E-state index in [9.17, 15) is 15.0 Å². The number of benzene rings is 1. The first-order chi connectivity index (χ1) is 13.6. The first-order valence-corrected chi connectivity index (χ1v) is 9.40. The summed E-state index contributed by atoms with van der Waals surface area (Å²) in [7, 11) is 0. The summed E-state index contributed by atoms with van der Waals surface area (Å²) in [5.74, 6) is 0.540. The largest absolute Gasteiger partial charge is 0.394 e. The molecule has 2 aromatic heterocycles. The number of aliphatic hydroxyl groups is 2. The Labute approximate surface area is 161 Å². The van der Waals surface area contributed by atoms with Crippen molar-refractivity contribution in [1.82, 2.24) is 14.5 Å². The number of para-hydroxylation sites is 1. The Morgan fingerprint density at radius 3 is 3.00 bits per heavy atom. The molecule has 0 radical (unpaired) electrons. The number of fused-ring (bicyclic) bond motifs is 1. The standard InChI is InChI=1S/C20H24N4O4/c1-12-10-24(18-8-16(26)17(11-25)28-18)20(27)23-19(12)21-7-6-13-9-22-15-5-3-2-4-14(13)15/h2-5,9-10,16-18,22,25-26H,6-8,11H2,1H3,(H,21,23,27)/t16-,17-,18-/m0/s1. The predicted molar refractivity (Wildman–Crippen MR) is 105 cm³/mol. The van der Waals surface area contributed by atoms with Gasteiger partial charge in [0.1, 0.15) is 18.1 Å². The van der Waals surface area contributed by atoms with E-state index in [0.29, 0.717) is 12.4 Å². The number of nitrogens with one attached hydrogen (secondary N) is 2. The number of rotatable bonds is 6. The molecule has 1 aromatic carbocycles. The number of aryl methyl sites for hydroxylation is 1. The summed E-state index contributed by atoms with van der Waals surface area (Å²) in [5.41, 5.74) is 2.67. The molecule has 28 heavy (non-hydrogen) atoms. The van der Waals surface area contributed by atoms with E-state index in [-0.39, 0.29) is 13.0 Å². The number of aliphatic hydroxyl groups excluding tert-OH is 2. The van der Waals surface area contributed by atoms with Crippen LogP contribution >= 0.6 is 0 Å². The van der Waals surface area contributed by atoms with E-state index in [1.165, 1.54) is 15.5 Å². The molecule has 148 valence electrons. The smallest absolute Gasteiger partial charge is 0.351 e. The van der Waals surface area contributed by atoms with E-state index in [1.807, 2.05) is 31.3 Å². The Morgan fingerprint density at radius 1 is 1.39 bits per heavy atom. The molecule has 0 amide bonds. The topological polar surface area (TPSA) is 112 Å². The van der Waals surface area contributed by atoms with Crippen LogP contribution in [-0.2, 0) is 11.2 Å². The fourth-order valence-electron chi connectivity index (χ4n) is 3.66. The average Bonchev–Trinajstić information content (AvgIpc) is 3.27. The highest BCUT2D eigenvalue weighted by atomic mass is 16.5. The Hall–Kier alpha value is -2.68. The molecular weight excluding hydrogens is 360 g/mol. The van der Waals surface area contributed by atoms with Crippen LogP contribution in [0.25, 0.3) is 10.9 Å². The van der Waals surface area contributed by atoms with Crippen LogP contribution in [0, 0.1) is 6.92 Å². The zero-order valence-corrected chi connectivity index (χ0v) is 15.6. The second-order valence-electron chi connectivity index (χ2n) is 7.11. The van der Waals surface area contributed by atoms with Crippen LogP contribution in [0.5, 0.6) is 0 Å². The first kappa shape index (κ1) is 18.7. The average molecular weight is 384 g/mol. The number of aromatic amines is 1. The SMILES string of the molecule is Cc1cn([C@@H]2C[C@H](O)[C@H](CO)O2)c(=O)nc1NCCc1c[nH]c2ccccc12. The van der Waals surface area contributed by atoms with Crippen LogP contribution in [0.4, 0.5) is 5.82 Å². The lowest BCUT2D eigenvalue weighted by Crippen LogP contribution is -2.29. The van der Waals surface area contributed by atoms with Gasteiger partial charge in [-0.15, -0.1) is 0 Å². The highest BCUT2D eigenvalue weighted by Crippen LogP contribution is 2.28. The van der Waals surface area contributed by atoms with Gasteiger partial charge in [-0.25, -0.2) is 4.79 Å². The summed E-state index contributed by atoms with van der Waals surface area (Å²) in [6, 6.07) is 8.14. The summed E-state index contributed by atoms with van der Waals surface area (Å²) in [4.78, 5) is 19.8. The number of aromatic nitrogens is 3. The number of hydrogen-bond acceptors (Lipinski definition) is 6. The van der Waals surface area contributed by atoms with Gasteiger partial charge in [0.15, 0.2) is 0 Å². The molecule has 0 bridgehead atoms. The monoisotopic (exact) mass is 384 g/mol. The van der Waals surface area contributed by atoms with Gasteiger partial charge in [0.2, 0.25) is 0 Å². The molecule has 4 N–H and O–H groups in total. The number of hydrogen-bond donors (Lipinski definition) is 4. The van der Waals surface area contributed by atoms with Crippen LogP contribution in [-0.4, -0.2) is 50.1 Å². The molecular formula is C20H24N4O4. The number of nitrogens with zero attached hydrogens (tertiary/aromatic N) is 2. The van der Waals surface area contributed by atoms with Crippen molar-refractivity contribution in [3.05, 3.63) is 58.3 Å². The van der Waals surface area contributed by atoms with Crippen molar-refractivity contribution in [2.75, 3.05) is 18.5 Å². The van der Waals surface area contributed by atoms with Crippen molar-refractivity contribution in [2.24, 2.45) is 0 Å². The maximum absolute atomic E-state index is 12.4. The summed E-state index contributed by atoms with van der Waals surface area (Å²) in [5, 5.41) is 23.5. The third-order valence-electron chi connectivity index (χ3n) is 5.19. The zero-order chi connectivity index (χ0) is 19.7. The maximum Gasteiger partial charge on any atom is 0.351 e. The molecule has 3 heterocycles. The van der Waals surface area contributed by atoms with Crippen molar-refractivity contribution in [2.45, 2.75) is 38.2 Å². The van der Waals surface area contributed by atoms with E-state index in [4.69, 9.17) is 4.74 Å². The molecule has 0 aliphatic carbocycles. The molecule has 1 fully saturated rings. The van der Waals surface area contributed by atoms with Crippen LogP contribution in [0.1, 0.15) is 23.8 Å². The van der Waals surface area contributed by atoms with Crippen molar-refractivity contribution in [1.29, 1.82) is 0 Å². The Bertz CT molecular complexity index is 1030. The number of ether oxygens (including phenoxy) is 1. The second-order valence-corrected chi connectivity index (χ2v) is 7.11. The van der Waals surface area contributed by atoms with Gasteiger partial charge in [-0.2, -0.15) is 4.98 Å². The molecule has 1 saturated heterocycles. The summed E-state index contributed by atoms with van der Waals surface area (Å²) >= 11 is 0. The molecule has 8 heteroatoms. The van der Waals surface area contributed by atoms with E-state index in [0.717, 1.165) is 17.5 Å². The Morgan fingerprint density at radius 2 is 2.21 bits per heavy atom. The predicted octanol–water partition coefficient (Wildman–Crippen LogP) is 1.33. The van der Waals surface area contributed by atoms with Gasteiger partial charge in [-0.3, -0.25) is 4.57 Å². The van der Waals surface area contributed by atoms with E-state index in [1.54, 1.807) is 6.20 Å². The van der Waals surface area contributed by atoms with Crippen molar-refractivity contribution in [3.8, 4) is 0 Å². The first-order valence-electron chi connectivity index (χ1n) is 9.40. The van der Waals surface area contributed by atoms with Gasteiger partial charge in [-0.05, 0) is 25.0 Å². The van der Waals surface area contributed by atoms with Crippen molar-refractivity contribution < 1.29 is 14.9 Å². The van der Waals surface area contributed by atoms with E-state index >= 15 is 0 Å². The van der Waals surface area contributed by atoms with Crippen LogP contribution in [0.15, 0.2) is 41.5 Å². The van der Waals surface area contributed by atoms with Gasteiger partial charge in [-0.1, -0.05) is 18.2 Å². The highest BCUT2D eigenvalue weighted by Gasteiger charge is 2.35. The quantitative estimate of drug-likeness (QED) is 0.510. The third kappa shape index (κ3) is 3.54. The van der Waals surface area contributed by atoms with Crippen molar-refractivity contribution in [3.63, 3.8) is 0 Å². The molecule has 1 aliphatic rings. The van der Waals surface area contributed by atoms with E-state index < -0.39 is 24.1 Å². The fourth-order valence-corrected chi connectivity index (χ4v) is 3.66. The molecule has 0 spiro atoms. The molecule has 0 saturated carbocycles. The summed E-state index contributed by atoms with van der Waals surface area (Å²) in [6.45, 7) is 2.22. The Kier molecular flexibility index (Phi) is 5.17. The lowest BCUT2D eigenvalue weighted by molar-refractivity contribution is -0.0459. The van der Waals surface area contributed by atoms with Crippen molar-refractivity contribution >= 4 is 16.7 Å². The maximum atomic E-state index is 12.4. The van der Waals surface area contributed by atoms with Gasteiger partial charge >= 0.3 is 5.69 Å². The van der Waals surface area contributed by atoms with Gasteiger partial charge in [0, 0.05) is 41.8 Å². The normalized spacial score (nSPS) is 22.0. The van der Waals surface area contributed by atoms with E-state index in [2.05, 4.69) is 21.4 Å². The molecule has 3 aromatic rings. The number of H-pyrrole nitrogens is 1. The van der Waals surface area contributed by atoms with Crippen LogP contribution < -0.4 is 11.0 Å². The van der Waals surface area contributed by atoms with Crippen LogP contribution in [0.3, 0.4) is 0 Å². The fraction of sp³-hybridized carbons (Fsp3) is 0.400. The minimum atomic E-state index is -0.795. The molecule has 3 atom stereocenters. The Balaban J connectivity index is 1.44. The molecule has 8 nitrogen and oxygen atoms in total. The zero-order valence-electron chi connectivity index (χ0n) is 15.6. The molecule has 1 aliphatic heterocycles. The van der Waals surface area contributed by atoms with Gasteiger partial charge < -0.3 is 25.3 Å². The number of anilines is 1.